The summed E-state index contributed by atoms with van der Waals surface area (Å²) in [5.74, 6) is -1.11. The number of benzene rings is 1. The predicted octanol–water partition coefficient (Wildman–Crippen LogP) is 0.649. The molecule has 1 aromatic rings. The van der Waals surface area contributed by atoms with Gasteiger partial charge in [0.2, 0.25) is 11.6 Å². The third-order valence-electron chi connectivity index (χ3n) is 2.35. The van der Waals surface area contributed by atoms with E-state index >= 15 is 0 Å². The van der Waals surface area contributed by atoms with Gasteiger partial charge < -0.3 is 15.2 Å². The number of nitrogens with one attached hydrogen (secondary N) is 1. The molecule has 0 aromatic heterocycles. The van der Waals surface area contributed by atoms with Crippen molar-refractivity contribution in [3.05, 3.63) is 23.8 Å². The number of carbonyl (C=O) groups is 2. The lowest BCUT2D eigenvalue weighted by molar-refractivity contribution is -0.134. The van der Waals surface area contributed by atoms with Crippen LogP contribution in [0.15, 0.2) is 23.3 Å². The highest BCUT2D eigenvalue weighted by Gasteiger charge is 2.13. The van der Waals surface area contributed by atoms with Crippen molar-refractivity contribution in [2.45, 2.75) is 6.92 Å². The number of rotatable bonds is 6. The number of esters is 1. The van der Waals surface area contributed by atoms with Crippen molar-refractivity contribution < 1.29 is 19.1 Å². The maximum absolute atomic E-state index is 11.4. The van der Waals surface area contributed by atoms with E-state index in [9.17, 15) is 9.59 Å². The van der Waals surface area contributed by atoms with E-state index in [1.807, 2.05) is 0 Å². The van der Waals surface area contributed by atoms with Crippen molar-refractivity contribution in [2.75, 3.05) is 19.1 Å². The molecule has 110 valence electrons. The van der Waals surface area contributed by atoms with E-state index in [-0.39, 0.29) is 17.9 Å². The van der Waals surface area contributed by atoms with Crippen LogP contribution in [0, 0.1) is 11.3 Å². The third kappa shape index (κ3) is 4.21. The number of hydrogen-bond donors (Lipinski definition) is 2. The molecule has 0 aliphatic heterocycles. The first-order valence-electron chi connectivity index (χ1n) is 5.92. The van der Waals surface area contributed by atoms with Gasteiger partial charge in [0.1, 0.15) is 11.8 Å². The van der Waals surface area contributed by atoms with Gasteiger partial charge in [0.25, 0.3) is 0 Å². The molecule has 1 rings (SSSR count). The molecule has 0 saturated carbocycles. The van der Waals surface area contributed by atoms with Crippen LogP contribution in [0.3, 0.4) is 0 Å². The van der Waals surface area contributed by atoms with E-state index in [2.05, 4.69) is 15.3 Å². The molecule has 0 aliphatic carbocycles. The maximum Gasteiger partial charge on any atom is 0.369 e. The molecule has 0 fully saturated rings. The summed E-state index contributed by atoms with van der Waals surface area (Å²) >= 11 is 0. The SMILES string of the molecule is CCOC(=O)/C(C#N)=N\Nc1cc(C(N)=O)ccc1OC. The monoisotopic (exact) mass is 290 g/mol. The highest BCUT2D eigenvalue weighted by Crippen LogP contribution is 2.25. The zero-order valence-electron chi connectivity index (χ0n) is 11.5. The normalized spacial score (nSPS) is 10.4. The number of carbonyl (C=O) groups excluding carboxylic acids is 2. The Morgan fingerprint density at radius 1 is 1.48 bits per heavy atom. The second kappa shape index (κ2) is 7.49. The van der Waals surface area contributed by atoms with Crippen molar-refractivity contribution in [2.24, 2.45) is 10.8 Å². The van der Waals surface area contributed by atoms with Gasteiger partial charge in [0.15, 0.2) is 0 Å². The highest BCUT2D eigenvalue weighted by atomic mass is 16.5. The van der Waals surface area contributed by atoms with Gasteiger partial charge in [-0.1, -0.05) is 0 Å². The first-order valence-corrected chi connectivity index (χ1v) is 5.92. The lowest BCUT2D eigenvalue weighted by Crippen LogP contribution is -2.17. The van der Waals surface area contributed by atoms with Crippen LogP contribution >= 0.6 is 0 Å². The molecular weight excluding hydrogens is 276 g/mol. The third-order valence-corrected chi connectivity index (χ3v) is 2.35. The molecule has 0 bridgehead atoms. The summed E-state index contributed by atoms with van der Waals surface area (Å²) < 4.78 is 9.74. The minimum absolute atomic E-state index is 0.125. The molecule has 0 saturated heterocycles. The molecule has 0 aliphatic rings. The number of hydrogen-bond acceptors (Lipinski definition) is 7. The Labute approximate surface area is 121 Å². The van der Waals surface area contributed by atoms with Crippen LogP contribution in [0.5, 0.6) is 5.75 Å². The van der Waals surface area contributed by atoms with Gasteiger partial charge >= 0.3 is 5.97 Å². The predicted molar refractivity (Wildman–Crippen MR) is 74.8 cm³/mol. The number of nitriles is 1. The Morgan fingerprint density at radius 3 is 2.71 bits per heavy atom. The van der Waals surface area contributed by atoms with Gasteiger partial charge in [-0.05, 0) is 25.1 Å². The number of methoxy groups -OCH3 is 1. The first kappa shape index (κ1) is 16.0. The fraction of sp³-hybridized carbons (Fsp3) is 0.231. The largest absolute Gasteiger partial charge is 0.495 e. The summed E-state index contributed by atoms with van der Waals surface area (Å²) in [6, 6.07) is 5.99. The number of primary amides is 1. The molecule has 0 unspecified atom stereocenters. The van der Waals surface area contributed by atoms with Gasteiger partial charge in [0.05, 0.1) is 19.4 Å². The van der Waals surface area contributed by atoms with Crippen LogP contribution in [-0.4, -0.2) is 31.3 Å². The smallest absolute Gasteiger partial charge is 0.369 e. The Morgan fingerprint density at radius 2 is 2.19 bits per heavy atom. The highest BCUT2D eigenvalue weighted by molar-refractivity contribution is 6.43. The standard InChI is InChI=1S/C13H14N4O4/c1-3-21-13(19)10(7-14)17-16-9-6-8(12(15)18)4-5-11(9)20-2/h4-6,16H,3H2,1-2H3,(H2,15,18)/b17-10-. The van der Waals surface area contributed by atoms with E-state index in [1.165, 1.54) is 25.3 Å². The minimum Gasteiger partial charge on any atom is -0.495 e. The Balaban J connectivity index is 3.05. The molecule has 0 radical (unpaired) electrons. The van der Waals surface area contributed by atoms with Crippen molar-refractivity contribution in [3.63, 3.8) is 0 Å². The van der Waals surface area contributed by atoms with Crippen LogP contribution in [-0.2, 0) is 9.53 Å². The number of hydrazone groups is 1. The Bertz CT molecular complexity index is 619. The number of anilines is 1. The molecule has 0 spiro atoms. The van der Waals surface area contributed by atoms with Gasteiger partial charge in [-0.3, -0.25) is 10.2 Å². The molecular formula is C13H14N4O4. The lowest BCUT2D eigenvalue weighted by Gasteiger charge is -2.09. The molecule has 21 heavy (non-hydrogen) atoms. The summed E-state index contributed by atoms with van der Waals surface area (Å²) in [6.45, 7) is 1.74. The topological polar surface area (TPSA) is 127 Å². The van der Waals surface area contributed by atoms with Crippen LogP contribution in [0.2, 0.25) is 0 Å². The first-order chi connectivity index (χ1) is 10.0. The lowest BCUT2D eigenvalue weighted by atomic mass is 10.2. The Kier molecular flexibility index (Phi) is 5.70. The molecule has 0 heterocycles. The second-order valence-electron chi connectivity index (χ2n) is 3.68. The fourth-order valence-corrected chi connectivity index (χ4v) is 1.38. The summed E-state index contributed by atoms with van der Waals surface area (Å²) in [7, 11) is 1.42. The maximum atomic E-state index is 11.4. The summed E-state index contributed by atoms with van der Waals surface area (Å²) in [5.41, 5.74) is 7.71. The quantitative estimate of drug-likeness (QED) is 0.450. The Hall–Kier alpha value is -3.08. The van der Waals surface area contributed by atoms with Gasteiger partial charge in [0, 0.05) is 5.56 Å². The molecule has 8 nitrogen and oxygen atoms in total. The molecule has 3 N–H and O–H groups in total. The van der Waals surface area contributed by atoms with E-state index in [1.54, 1.807) is 13.0 Å². The van der Waals surface area contributed by atoms with Crippen molar-refractivity contribution in [3.8, 4) is 11.8 Å². The van der Waals surface area contributed by atoms with Crippen LogP contribution in [0.4, 0.5) is 5.69 Å². The van der Waals surface area contributed by atoms with Crippen molar-refractivity contribution >= 4 is 23.3 Å². The van der Waals surface area contributed by atoms with Gasteiger partial charge in [-0.2, -0.15) is 10.4 Å². The molecule has 1 aromatic carbocycles. The van der Waals surface area contributed by atoms with Crippen LogP contribution in [0.25, 0.3) is 0 Å². The minimum atomic E-state index is -0.850. The number of ether oxygens (including phenoxy) is 2. The van der Waals surface area contributed by atoms with Crippen LogP contribution < -0.4 is 15.9 Å². The average Bonchev–Trinajstić information content (AvgIpc) is 2.47. The zero-order chi connectivity index (χ0) is 15.8. The van der Waals surface area contributed by atoms with E-state index in [0.717, 1.165) is 0 Å². The molecule has 8 heteroatoms. The summed E-state index contributed by atoms with van der Waals surface area (Å²) in [5, 5.41) is 12.5. The van der Waals surface area contributed by atoms with Gasteiger partial charge in [-0.25, -0.2) is 4.79 Å². The summed E-state index contributed by atoms with van der Waals surface area (Å²) in [4.78, 5) is 22.5. The summed E-state index contributed by atoms with van der Waals surface area (Å²) in [6.07, 6.45) is 0. The van der Waals surface area contributed by atoms with E-state index < -0.39 is 17.6 Å². The van der Waals surface area contributed by atoms with E-state index in [4.69, 9.17) is 15.7 Å². The molecule has 1 amide bonds. The number of nitrogens with zero attached hydrogens (tertiary/aromatic N) is 2. The second-order valence-corrected chi connectivity index (χ2v) is 3.68. The number of amides is 1. The van der Waals surface area contributed by atoms with Gasteiger partial charge in [-0.15, -0.1) is 0 Å². The van der Waals surface area contributed by atoms with Crippen molar-refractivity contribution in [1.82, 2.24) is 0 Å². The van der Waals surface area contributed by atoms with Crippen LogP contribution in [0.1, 0.15) is 17.3 Å². The number of nitrogens with two attached hydrogens (primary N) is 1. The molecule has 0 atom stereocenters. The zero-order valence-corrected chi connectivity index (χ0v) is 11.5. The van der Waals surface area contributed by atoms with Crippen molar-refractivity contribution in [1.29, 1.82) is 5.26 Å². The fourth-order valence-electron chi connectivity index (χ4n) is 1.38. The average molecular weight is 290 g/mol. The van der Waals surface area contributed by atoms with E-state index in [0.29, 0.717) is 5.75 Å².